The number of carbonyl (C=O) groups is 1. The molecule has 0 aliphatic carbocycles. The van der Waals surface area contributed by atoms with E-state index in [1.807, 2.05) is 19.1 Å². The number of aryl methyl sites for hydroxylation is 1. The van der Waals surface area contributed by atoms with Crippen LogP contribution in [0, 0.1) is 6.92 Å². The minimum Gasteiger partial charge on any atom is -0.389 e. The molecule has 0 atom stereocenters. The van der Waals surface area contributed by atoms with Crippen LogP contribution in [0.4, 0.5) is 5.69 Å². The van der Waals surface area contributed by atoms with Crippen molar-refractivity contribution in [2.45, 2.75) is 6.92 Å². The molecule has 0 aliphatic heterocycles. The van der Waals surface area contributed by atoms with Gasteiger partial charge in [-0.05, 0) is 52.7 Å². The Hall–Kier alpha value is -1.43. The highest BCUT2D eigenvalue weighted by molar-refractivity contribution is 9.10. The van der Waals surface area contributed by atoms with Gasteiger partial charge in [0.25, 0.3) is 5.91 Å². The molecule has 0 radical (unpaired) electrons. The van der Waals surface area contributed by atoms with Crippen LogP contribution in [0.1, 0.15) is 21.5 Å². The standard InChI is InChI=1S/C15H12BrClN2OS/c1-8-2-4-10(11(16)6-8)15(20)19-13-7-9(14(18)21)3-5-12(13)17/h2-7H,1H3,(H2,18,21)(H,19,20). The summed E-state index contributed by atoms with van der Waals surface area (Å²) in [4.78, 5) is 12.6. The van der Waals surface area contributed by atoms with Crippen LogP contribution in [0.25, 0.3) is 0 Å². The molecule has 2 rings (SSSR count). The molecule has 0 saturated heterocycles. The van der Waals surface area contributed by atoms with Crippen molar-refractivity contribution in [2.75, 3.05) is 5.32 Å². The van der Waals surface area contributed by atoms with Gasteiger partial charge >= 0.3 is 0 Å². The molecule has 1 amide bonds. The Labute approximate surface area is 141 Å². The summed E-state index contributed by atoms with van der Waals surface area (Å²) in [5.41, 5.74) is 8.29. The third kappa shape index (κ3) is 3.81. The first-order chi connectivity index (χ1) is 9.88. The van der Waals surface area contributed by atoms with Crippen LogP contribution < -0.4 is 11.1 Å². The van der Waals surface area contributed by atoms with Gasteiger partial charge in [-0.25, -0.2) is 0 Å². The smallest absolute Gasteiger partial charge is 0.256 e. The molecule has 21 heavy (non-hydrogen) atoms. The van der Waals surface area contributed by atoms with Crippen LogP contribution in [0.15, 0.2) is 40.9 Å². The third-order valence-electron chi connectivity index (χ3n) is 2.87. The van der Waals surface area contributed by atoms with Gasteiger partial charge in [0, 0.05) is 10.0 Å². The molecule has 2 aromatic carbocycles. The SMILES string of the molecule is Cc1ccc(C(=O)Nc2cc(C(N)=S)ccc2Cl)c(Br)c1. The highest BCUT2D eigenvalue weighted by Gasteiger charge is 2.12. The number of nitrogens with one attached hydrogen (secondary N) is 1. The van der Waals surface area contributed by atoms with Crippen LogP contribution in [0.3, 0.4) is 0 Å². The Morgan fingerprint density at radius 2 is 2.00 bits per heavy atom. The second-order valence-corrected chi connectivity index (χ2v) is 6.20. The maximum atomic E-state index is 12.3. The number of carbonyl (C=O) groups excluding carboxylic acids is 1. The number of benzene rings is 2. The van der Waals surface area contributed by atoms with E-state index in [2.05, 4.69) is 21.2 Å². The number of amides is 1. The maximum Gasteiger partial charge on any atom is 0.256 e. The van der Waals surface area contributed by atoms with Crippen LogP contribution in [0.5, 0.6) is 0 Å². The van der Waals surface area contributed by atoms with Gasteiger partial charge in [0.2, 0.25) is 0 Å². The monoisotopic (exact) mass is 382 g/mol. The second kappa shape index (κ2) is 6.56. The van der Waals surface area contributed by atoms with E-state index in [4.69, 9.17) is 29.6 Å². The van der Waals surface area contributed by atoms with Gasteiger partial charge in [-0.2, -0.15) is 0 Å². The van der Waals surface area contributed by atoms with E-state index in [0.29, 0.717) is 21.8 Å². The number of rotatable bonds is 3. The molecular weight excluding hydrogens is 372 g/mol. The molecule has 0 heterocycles. The van der Waals surface area contributed by atoms with Crippen molar-refractivity contribution in [1.82, 2.24) is 0 Å². The molecule has 6 heteroatoms. The van der Waals surface area contributed by atoms with Crippen molar-refractivity contribution in [3.8, 4) is 0 Å². The lowest BCUT2D eigenvalue weighted by Gasteiger charge is -2.10. The minimum atomic E-state index is -0.260. The normalized spacial score (nSPS) is 10.2. The molecule has 0 aliphatic rings. The van der Waals surface area contributed by atoms with Crippen molar-refractivity contribution < 1.29 is 4.79 Å². The van der Waals surface area contributed by atoms with E-state index in [1.165, 1.54) is 0 Å². The molecule has 0 fully saturated rings. The zero-order chi connectivity index (χ0) is 15.6. The fourth-order valence-electron chi connectivity index (χ4n) is 1.77. The fraction of sp³-hybridized carbons (Fsp3) is 0.0667. The maximum absolute atomic E-state index is 12.3. The van der Waals surface area contributed by atoms with Crippen molar-refractivity contribution in [1.29, 1.82) is 0 Å². The van der Waals surface area contributed by atoms with Crippen molar-refractivity contribution in [3.05, 3.63) is 62.6 Å². The lowest BCUT2D eigenvalue weighted by atomic mass is 10.1. The predicted octanol–water partition coefficient (Wildman–Crippen LogP) is 4.30. The first kappa shape index (κ1) is 15.9. The van der Waals surface area contributed by atoms with Gasteiger partial charge in [0.05, 0.1) is 16.3 Å². The van der Waals surface area contributed by atoms with Gasteiger partial charge in [-0.1, -0.05) is 36.0 Å². The Bertz CT molecular complexity index is 734. The number of halogens is 2. The lowest BCUT2D eigenvalue weighted by Crippen LogP contribution is -2.15. The third-order valence-corrected chi connectivity index (χ3v) is 4.09. The molecule has 3 N–H and O–H groups in total. The van der Waals surface area contributed by atoms with Crippen molar-refractivity contribution in [2.24, 2.45) is 5.73 Å². The van der Waals surface area contributed by atoms with E-state index in [1.54, 1.807) is 24.3 Å². The van der Waals surface area contributed by atoms with Crippen LogP contribution in [0.2, 0.25) is 5.02 Å². The average Bonchev–Trinajstić information content (AvgIpc) is 2.40. The number of hydrogen-bond acceptors (Lipinski definition) is 2. The van der Waals surface area contributed by atoms with E-state index in [9.17, 15) is 4.79 Å². The number of hydrogen-bond donors (Lipinski definition) is 2. The molecule has 0 bridgehead atoms. The molecule has 0 aromatic heterocycles. The summed E-state index contributed by atoms with van der Waals surface area (Å²) in [6.07, 6.45) is 0. The van der Waals surface area contributed by atoms with E-state index < -0.39 is 0 Å². The summed E-state index contributed by atoms with van der Waals surface area (Å²) in [6.45, 7) is 1.95. The lowest BCUT2D eigenvalue weighted by molar-refractivity contribution is 0.102. The highest BCUT2D eigenvalue weighted by atomic mass is 79.9. The quantitative estimate of drug-likeness (QED) is 0.777. The molecule has 0 saturated carbocycles. The molecule has 3 nitrogen and oxygen atoms in total. The molecule has 0 unspecified atom stereocenters. The average molecular weight is 384 g/mol. The number of thiocarbonyl (C=S) groups is 1. The number of nitrogens with two attached hydrogens (primary N) is 1. The first-order valence-electron chi connectivity index (χ1n) is 6.05. The van der Waals surface area contributed by atoms with Crippen LogP contribution >= 0.6 is 39.7 Å². The highest BCUT2D eigenvalue weighted by Crippen LogP contribution is 2.25. The van der Waals surface area contributed by atoms with E-state index >= 15 is 0 Å². The van der Waals surface area contributed by atoms with Crippen LogP contribution in [-0.2, 0) is 0 Å². The first-order valence-corrected chi connectivity index (χ1v) is 7.63. The van der Waals surface area contributed by atoms with Gasteiger partial charge < -0.3 is 11.1 Å². The van der Waals surface area contributed by atoms with Gasteiger partial charge in [-0.15, -0.1) is 0 Å². The molecule has 108 valence electrons. The van der Waals surface area contributed by atoms with Gasteiger partial charge in [0.1, 0.15) is 4.99 Å². The second-order valence-electron chi connectivity index (χ2n) is 4.50. The summed E-state index contributed by atoms with van der Waals surface area (Å²) >= 11 is 14.4. The summed E-state index contributed by atoms with van der Waals surface area (Å²) in [7, 11) is 0. The fourth-order valence-corrected chi connectivity index (χ4v) is 2.73. The summed E-state index contributed by atoms with van der Waals surface area (Å²) in [5, 5.41) is 3.19. The summed E-state index contributed by atoms with van der Waals surface area (Å²) < 4.78 is 0.724. The summed E-state index contributed by atoms with van der Waals surface area (Å²) in [6, 6.07) is 10.5. The zero-order valence-corrected chi connectivity index (χ0v) is 14.3. The summed E-state index contributed by atoms with van der Waals surface area (Å²) in [5.74, 6) is -0.260. The molecule has 0 spiro atoms. The molecule has 2 aromatic rings. The Kier molecular flexibility index (Phi) is 4.98. The Morgan fingerprint density at radius 1 is 1.29 bits per heavy atom. The van der Waals surface area contributed by atoms with Crippen LogP contribution in [-0.4, -0.2) is 10.9 Å². The van der Waals surface area contributed by atoms with E-state index in [0.717, 1.165) is 10.0 Å². The van der Waals surface area contributed by atoms with Crippen molar-refractivity contribution >= 4 is 56.3 Å². The largest absolute Gasteiger partial charge is 0.389 e. The Morgan fingerprint density at radius 3 is 2.62 bits per heavy atom. The minimum absolute atomic E-state index is 0.249. The van der Waals surface area contributed by atoms with Gasteiger partial charge in [0.15, 0.2) is 0 Å². The van der Waals surface area contributed by atoms with Crippen molar-refractivity contribution in [3.63, 3.8) is 0 Å². The predicted molar refractivity (Wildman–Crippen MR) is 94.2 cm³/mol. The van der Waals surface area contributed by atoms with E-state index in [-0.39, 0.29) is 10.9 Å². The molecular formula is C15H12BrClN2OS. The Balaban J connectivity index is 2.31. The van der Waals surface area contributed by atoms with Gasteiger partial charge in [-0.3, -0.25) is 4.79 Å². The number of anilines is 1. The zero-order valence-electron chi connectivity index (χ0n) is 11.1. The topological polar surface area (TPSA) is 55.1 Å².